The van der Waals surface area contributed by atoms with Gasteiger partial charge in [-0.1, -0.05) is 0 Å². The number of ether oxygens (including phenoxy) is 1. The highest BCUT2D eigenvalue weighted by Crippen LogP contribution is 1.96. The van der Waals surface area contributed by atoms with E-state index in [1.165, 1.54) is 23.9 Å². The van der Waals surface area contributed by atoms with Gasteiger partial charge in [-0.3, -0.25) is 9.20 Å². The predicted octanol–water partition coefficient (Wildman–Crippen LogP) is -0.124. The maximum Gasteiger partial charge on any atom is 0.357 e. The summed E-state index contributed by atoms with van der Waals surface area (Å²) < 4.78 is 5.71. The molecule has 0 aliphatic carbocycles. The Hall–Kier alpha value is -2.24. The number of aromatic nitrogens is 3. The summed E-state index contributed by atoms with van der Waals surface area (Å²) in [6, 6.07) is 2.72. The molecule has 6 heteroatoms. The zero-order valence-corrected chi connectivity index (χ0v) is 7.88. The predicted molar refractivity (Wildman–Crippen MR) is 50.6 cm³/mol. The molecule has 0 N–H and O–H groups in total. The molecule has 0 saturated heterocycles. The van der Waals surface area contributed by atoms with Crippen LogP contribution in [0.3, 0.4) is 0 Å². The average Bonchev–Trinajstić information content (AvgIpc) is 2.28. The fourth-order valence-corrected chi connectivity index (χ4v) is 1.15. The van der Waals surface area contributed by atoms with Gasteiger partial charge < -0.3 is 4.74 Å². The van der Waals surface area contributed by atoms with Crippen LogP contribution in [-0.4, -0.2) is 27.4 Å². The van der Waals surface area contributed by atoms with Crippen LogP contribution in [0.25, 0.3) is 5.78 Å². The fourth-order valence-electron chi connectivity index (χ4n) is 1.15. The molecule has 0 spiro atoms. The van der Waals surface area contributed by atoms with Crippen LogP contribution >= 0.6 is 0 Å². The van der Waals surface area contributed by atoms with Gasteiger partial charge in [-0.15, -0.1) is 0 Å². The number of carbonyl (C=O) groups excluding carboxylic acids is 1. The highest BCUT2D eigenvalue weighted by atomic mass is 16.5. The average molecular weight is 205 g/mol. The lowest BCUT2D eigenvalue weighted by Crippen LogP contribution is -2.18. The Morgan fingerprint density at radius 2 is 2.33 bits per heavy atom. The number of nitrogens with zero attached hydrogens (tertiary/aromatic N) is 3. The second-order valence-corrected chi connectivity index (χ2v) is 2.76. The minimum absolute atomic E-state index is 0.0406. The van der Waals surface area contributed by atoms with E-state index in [0.29, 0.717) is 0 Å². The van der Waals surface area contributed by atoms with Crippen molar-refractivity contribution in [3.8, 4) is 0 Å². The molecule has 6 nitrogen and oxygen atoms in total. The maximum absolute atomic E-state index is 11.5. The van der Waals surface area contributed by atoms with Gasteiger partial charge in [0.1, 0.15) is 0 Å². The van der Waals surface area contributed by atoms with E-state index in [0.717, 1.165) is 6.07 Å². The Kier molecular flexibility index (Phi) is 2.17. The Labute approximate surface area is 84.2 Å². The highest BCUT2D eigenvalue weighted by molar-refractivity contribution is 5.87. The third kappa shape index (κ3) is 1.56. The zero-order chi connectivity index (χ0) is 10.8. The van der Waals surface area contributed by atoms with Gasteiger partial charge in [0, 0.05) is 18.5 Å². The van der Waals surface area contributed by atoms with Gasteiger partial charge in [-0.25, -0.2) is 14.8 Å². The van der Waals surface area contributed by atoms with Gasteiger partial charge in [-0.2, -0.15) is 0 Å². The number of hydrogen-bond donors (Lipinski definition) is 0. The van der Waals surface area contributed by atoms with E-state index in [1.54, 1.807) is 6.07 Å². The lowest BCUT2D eigenvalue weighted by atomic mass is 10.4. The number of hydrogen-bond acceptors (Lipinski definition) is 5. The van der Waals surface area contributed by atoms with Gasteiger partial charge in [0.2, 0.25) is 5.78 Å². The van der Waals surface area contributed by atoms with E-state index in [9.17, 15) is 9.59 Å². The Bertz CT molecular complexity index is 576. The quantitative estimate of drug-likeness (QED) is 0.606. The molecule has 0 fully saturated rings. The summed E-state index contributed by atoms with van der Waals surface area (Å²) in [7, 11) is 1.23. The third-order valence-corrected chi connectivity index (χ3v) is 1.84. The molecule has 0 aromatic carbocycles. The van der Waals surface area contributed by atoms with Crippen molar-refractivity contribution in [2.45, 2.75) is 0 Å². The van der Waals surface area contributed by atoms with Crippen molar-refractivity contribution < 1.29 is 9.53 Å². The first-order chi connectivity index (χ1) is 7.22. The Balaban J connectivity index is 2.73. The highest BCUT2D eigenvalue weighted by Gasteiger charge is 2.10. The topological polar surface area (TPSA) is 73.6 Å². The van der Waals surface area contributed by atoms with Gasteiger partial charge in [0.25, 0.3) is 5.56 Å². The van der Waals surface area contributed by atoms with Crippen LogP contribution < -0.4 is 5.56 Å². The first-order valence-electron chi connectivity index (χ1n) is 4.15. The van der Waals surface area contributed by atoms with Crippen molar-refractivity contribution in [1.82, 2.24) is 14.4 Å². The van der Waals surface area contributed by atoms with Crippen LogP contribution in [-0.2, 0) is 4.74 Å². The fraction of sp³-hybridized carbons (Fsp3) is 0.111. The van der Waals surface area contributed by atoms with Crippen LogP contribution in [0.5, 0.6) is 0 Å². The third-order valence-electron chi connectivity index (χ3n) is 1.84. The molecule has 0 saturated carbocycles. The molecule has 0 bridgehead atoms. The smallest absolute Gasteiger partial charge is 0.357 e. The summed E-state index contributed by atoms with van der Waals surface area (Å²) in [5, 5.41) is 0. The number of carbonyl (C=O) groups is 1. The lowest BCUT2D eigenvalue weighted by molar-refractivity contribution is 0.0594. The van der Waals surface area contributed by atoms with Crippen LogP contribution in [0.15, 0.2) is 29.3 Å². The number of rotatable bonds is 1. The number of esters is 1. The molecule has 76 valence electrons. The molecule has 2 rings (SSSR count). The van der Waals surface area contributed by atoms with Crippen molar-refractivity contribution in [2.75, 3.05) is 7.11 Å². The first-order valence-corrected chi connectivity index (χ1v) is 4.15. The van der Waals surface area contributed by atoms with Crippen molar-refractivity contribution in [3.05, 3.63) is 40.6 Å². The van der Waals surface area contributed by atoms with Crippen molar-refractivity contribution in [2.24, 2.45) is 0 Å². The summed E-state index contributed by atoms with van der Waals surface area (Å²) in [4.78, 5) is 30.4. The molecule has 2 heterocycles. The minimum Gasteiger partial charge on any atom is -0.464 e. The maximum atomic E-state index is 11.5. The second kappa shape index (κ2) is 3.49. The van der Waals surface area contributed by atoms with Crippen LogP contribution in [0.2, 0.25) is 0 Å². The number of fused-ring (bicyclic) bond motifs is 1. The normalized spacial score (nSPS) is 10.2. The molecular formula is C9H7N3O3. The summed E-state index contributed by atoms with van der Waals surface area (Å²) >= 11 is 0. The van der Waals surface area contributed by atoms with E-state index in [1.807, 2.05) is 0 Å². The molecule has 15 heavy (non-hydrogen) atoms. The molecule has 0 radical (unpaired) electrons. The van der Waals surface area contributed by atoms with Crippen LogP contribution in [0.1, 0.15) is 10.5 Å². The standard InChI is InChI=1S/C9H7N3O3/c1-15-8(14)6-5-7(13)12-4-2-3-10-9(12)11-6/h2-5H,1H3. The van der Waals surface area contributed by atoms with Gasteiger partial charge in [0.05, 0.1) is 7.11 Å². The lowest BCUT2D eigenvalue weighted by Gasteiger charge is -2.00. The van der Waals surface area contributed by atoms with E-state index < -0.39 is 5.97 Å². The summed E-state index contributed by atoms with van der Waals surface area (Å²) in [5.74, 6) is -0.481. The zero-order valence-electron chi connectivity index (χ0n) is 7.88. The Morgan fingerprint density at radius 3 is 3.07 bits per heavy atom. The van der Waals surface area contributed by atoms with Crippen LogP contribution in [0, 0.1) is 0 Å². The molecule has 0 aliphatic heterocycles. The molecule has 2 aromatic heterocycles. The minimum atomic E-state index is -0.653. The van der Waals surface area contributed by atoms with Crippen molar-refractivity contribution in [3.63, 3.8) is 0 Å². The molecule has 0 unspecified atom stereocenters. The second-order valence-electron chi connectivity index (χ2n) is 2.76. The van der Waals surface area contributed by atoms with Crippen molar-refractivity contribution >= 4 is 11.7 Å². The molecule has 0 atom stereocenters. The van der Waals surface area contributed by atoms with Crippen LogP contribution in [0.4, 0.5) is 0 Å². The molecule has 0 aliphatic rings. The van der Waals surface area contributed by atoms with E-state index in [4.69, 9.17) is 0 Å². The largest absolute Gasteiger partial charge is 0.464 e. The summed E-state index contributed by atoms with van der Waals surface area (Å²) in [5.41, 5.74) is -0.408. The first kappa shape index (κ1) is 9.32. The number of methoxy groups -OCH3 is 1. The molecule has 0 amide bonds. The summed E-state index contributed by atoms with van der Waals surface area (Å²) in [6.07, 6.45) is 3.02. The van der Waals surface area contributed by atoms with E-state index >= 15 is 0 Å². The SMILES string of the molecule is COC(=O)c1cc(=O)n2cccnc2n1. The molecule has 2 aromatic rings. The molecular weight excluding hydrogens is 198 g/mol. The van der Waals surface area contributed by atoms with E-state index in [2.05, 4.69) is 14.7 Å². The van der Waals surface area contributed by atoms with E-state index in [-0.39, 0.29) is 17.0 Å². The van der Waals surface area contributed by atoms with Crippen molar-refractivity contribution in [1.29, 1.82) is 0 Å². The van der Waals surface area contributed by atoms with Gasteiger partial charge in [-0.05, 0) is 6.07 Å². The monoisotopic (exact) mass is 205 g/mol. The Morgan fingerprint density at radius 1 is 1.53 bits per heavy atom. The van der Waals surface area contributed by atoms with Gasteiger partial charge in [0.15, 0.2) is 5.69 Å². The van der Waals surface area contributed by atoms with Gasteiger partial charge >= 0.3 is 5.97 Å². The summed E-state index contributed by atoms with van der Waals surface area (Å²) in [6.45, 7) is 0.